The van der Waals surface area contributed by atoms with Gasteiger partial charge in [-0.15, -0.1) is 0 Å². The van der Waals surface area contributed by atoms with Crippen molar-refractivity contribution >= 4 is 17.6 Å². The molecule has 0 fully saturated rings. The molecule has 0 aliphatic rings. The minimum atomic E-state index is -1.06. The van der Waals surface area contributed by atoms with E-state index >= 15 is 0 Å². The predicted octanol–water partition coefficient (Wildman–Crippen LogP) is 3.67. The molecule has 4 nitrogen and oxygen atoms in total. The molecule has 1 heterocycles. The van der Waals surface area contributed by atoms with Gasteiger partial charge in [0.15, 0.2) is 0 Å². The van der Waals surface area contributed by atoms with Crippen LogP contribution in [0.5, 0.6) is 11.6 Å². The molecule has 1 aromatic carbocycles. The maximum absolute atomic E-state index is 12.9. The number of ether oxygens (including phenoxy) is 1. The molecule has 0 aliphatic carbocycles. The van der Waals surface area contributed by atoms with Gasteiger partial charge in [-0.2, -0.15) is 0 Å². The van der Waals surface area contributed by atoms with Crippen molar-refractivity contribution < 1.29 is 19.0 Å². The van der Waals surface area contributed by atoms with E-state index in [1.807, 2.05) is 0 Å². The fourth-order valence-electron chi connectivity index (χ4n) is 1.49. The lowest BCUT2D eigenvalue weighted by atomic mass is 10.2. The van der Waals surface area contributed by atoms with Crippen LogP contribution in [0.2, 0.25) is 5.02 Å². The van der Waals surface area contributed by atoms with Gasteiger partial charge in [0, 0.05) is 6.07 Å². The molecule has 0 spiro atoms. The molecule has 0 unspecified atom stereocenters. The lowest BCUT2D eigenvalue weighted by molar-refractivity contribution is 0.0695. The van der Waals surface area contributed by atoms with Crippen LogP contribution in [0.4, 0.5) is 4.39 Å². The predicted molar refractivity (Wildman–Crippen MR) is 67.4 cm³/mol. The first-order valence-electron chi connectivity index (χ1n) is 5.31. The average Bonchev–Trinajstić information content (AvgIpc) is 2.32. The molecule has 2 rings (SSSR count). The molecule has 0 aliphatic heterocycles. The van der Waals surface area contributed by atoms with Crippen LogP contribution in [0.15, 0.2) is 30.3 Å². The number of pyridine rings is 1. The molecule has 19 heavy (non-hydrogen) atoms. The lowest BCUT2D eigenvalue weighted by Gasteiger charge is -2.08. The van der Waals surface area contributed by atoms with Gasteiger partial charge in [0.2, 0.25) is 5.88 Å². The van der Waals surface area contributed by atoms with Crippen molar-refractivity contribution in [3.05, 3.63) is 52.4 Å². The van der Waals surface area contributed by atoms with Crippen LogP contribution < -0.4 is 4.74 Å². The van der Waals surface area contributed by atoms with Crippen molar-refractivity contribution in [2.45, 2.75) is 6.92 Å². The second kappa shape index (κ2) is 5.24. The van der Waals surface area contributed by atoms with E-state index in [0.717, 1.165) is 6.07 Å². The van der Waals surface area contributed by atoms with Crippen LogP contribution in [0.25, 0.3) is 0 Å². The molecular weight excluding hydrogens is 273 g/mol. The number of carboxylic acid groups (broad SMARTS) is 1. The van der Waals surface area contributed by atoms with Gasteiger partial charge in [-0.25, -0.2) is 14.2 Å². The van der Waals surface area contributed by atoms with Gasteiger partial charge in [-0.05, 0) is 31.2 Å². The van der Waals surface area contributed by atoms with E-state index in [-0.39, 0.29) is 22.2 Å². The second-order valence-electron chi connectivity index (χ2n) is 3.76. The zero-order valence-corrected chi connectivity index (χ0v) is 10.6. The van der Waals surface area contributed by atoms with E-state index in [4.69, 9.17) is 21.4 Å². The Balaban J connectivity index is 2.29. The summed E-state index contributed by atoms with van der Waals surface area (Å²) >= 11 is 5.81. The number of halogens is 2. The molecule has 98 valence electrons. The molecule has 0 saturated heterocycles. The lowest BCUT2D eigenvalue weighted by Crippen LogP contribution is -2.02. The largest absolute Gasteiger partial charge is 0.478 e. The third kappa shape index (κ3) is 3.00. The van der Waals surface area contributed by atoms with Gasteiger partial charge < -0.3 is 9.84 Å². The highest BCUT2D eigenvalue weighted by Crippen LogP contribution is 2.29. The molecule has 0 amide bonds. The summed E-state index contributed by atoms with van der Waals surface area (Å²) in [5, 5.41) is 8.99. The van der Waals surface area contributed by atoms with Gasteiger partial charge in [0.1, 0.15) is 11.6 Å². The van der Waals surface area contributed by atoms with E-state index in [0.29, 0.717) is 5.69 Å². The number of benzene rings is 1. The normalized spacial score (nSPS) is 10.3. The topological polar surface area (TPSA) is 59.4 Å². The SMILES string of the molecule is Cc1nc(Oc2ccc(F)cc2Cl)ccc1C(=O)O. The molecule has 6 heteroatoms. The molecular formula is C13H9ClFNO3. The van der Waals surface area contributed by atoms with Crippen LogP contribution in [0.3, 0.4) is 0 Å². The summed E-state index contributed by atoms with van der Waals surface area (Å²) in [6.45, 7) is 1.56. The van der Waals surface area contributed by atoms with Crippen molar-refractivity contribution in [3.8, 4) is 11.6 Å². The number of carbonyl (C=O) groups is 1. The highest BCUT2D eigenvalue weighted by molar-refractivity contribution is 6.32. The summed E-state index contributed by atoms with van der Waals surface area (Å²) in [5.74, 6) is -1.09. The molecule has 0 bridgehead atoms. The summed E-state index contributed by atoms with van der Waals surface area (Å²) in [6, 6.07) is 6.50. The Morgan fingerprint density at radius 1 is 1.37 bits per heavy atom. The van der Waals surface area contributed by atoms with Crippen LogP contribution in [0.1, 0.15) is 16.1 Å². The summed E-state index contributed by atoms with van der Waals surface area (Å²) in [5.41, 5.74) is 0.417. The standard InChI is InChI=1S/C13H9ClFNO3/c1-7-9(13(17)18)3-5-12(16-7)19-11-4-2-8(15)6-10(11)14/h2-6H,1H3,(H,17,18). The minimum Gasteiger partial charge on any atom is -0.478 e. The Kier molecular flexibility index (Phi) is 3.66. The number of carboxylic acids is 1. The molecule has 1 N–H and O–H groups in total. The smallest absolute Gasteiger partial charge is 0.337 e. The van der Waals surface area contributed by atoms with E-state index < -0.39 is 11.8 Å². The Hall–Kier alpha value is -2.14. The van der Waals surface area contributed by atoms with Gasteiger partial charge >= 0.3 is 5.97 Å². The van der Waals surface area contributed by atoms with E-state index in [1.54, 1.807) is 6.92 Å². The highest BCUT2D eigenvalue weighted by atomic mass is 35.5. The van der Waals surface area contributed by atoms with Crippen LogP contribution >= 0.6 is 11.6 Å². The molecule has 2 aromatic rings. The van der Waals surface area contributed by atoms with Gasteiger partial charge in [0.05, 0.1) is 16.3 Å². The number of nitrogens with zero attached hydrogens (tertiary/aromatic N) is 1. The van der Waals surface area contributed by atoms with E-state index in [9.17, 15) is 9.18 Å². The number of hydrogen-bond acceptors (Lipinski definition) is 3. The first-order chi connectivity index (χ1) is 8.97. The summed E-state index contributed by atoms with van der Waals surface area (Å²) in [7, 11) is 0. The first-order valence-corrected chi connectivity index (χ1v) is 5.69. The zero-order chi connectivity index (χ0) is 14.0. The summed E-state index contributed by atoms with van der Waals surface area (Å²) < 4.78 is 18.2. The molecule has 0 saturated carbocycles. The maximum atomic E-state index is 12.9. The van der Waals surface area contributed by atoms with Crippen molar-refractivity contribution in [2.24, 2.45) is 0 Å². The van der Waals surface area contributed by atoms with E-state index in [1.165, 1.54) is 24.3 Å². The van der Waals surface area contributed by atoms with E-state index in [2.05, 4.69) is 4.98 Å². The molecule has 0 atom stereocenters. The Labute approximate surface area is 113 Å². The monoisotopic (exact) mass is 281 g/mol. The fourth-order valence-corrected chi connectivity index (χ4v) is 1.70. The molecule has 0 radical (unpaired) electrons. The number of hydrogen-bond donors (Lipinski definition) is 1. The van der Waals surface area contributed by atoms with Crippen LogP contribution in [-0.4, -0.2) is 16.1 Å². The number of rotatable bonds is 3. The van der Waals surface area contributed by atoms with Crippen LogP contribution in [-0.2, 0) is 0 Å². The number of aromatic nitrogens is 1. The van der Waals surface area contributed by atoms with Gasteiger partial charge in [0.25, 0.3) is 0 Å². The molecule has 1 aromatic heterocycles. The minimum absolute atomic E-state index is 0.0950. The van der Waals surface area contributed by atoms with Crippen molar-refractivity contribution in [1.82, 2.24) is 4.98 Å². The Morgan fingerprint density at radius 3 is 2.68 bits per heavy atom. The average molecular weight is 282 g/mol. The Morgan fingerprint density at radius 2 is 2.11 bits per heavy atom. The second-order valence-corrected chi connectivity index (χ2v) is 4.17. The quantitative estimate of drug-likeness (QED) is 0.932. The first kappa shape index (κ1) is 13.3. The van der Waals surface area contributed by atoms with Crippen LogP contribution in [0, 0.1) is 12.7 Å². The Bertz CT molecular complexity index is 646. The number of aromatic carboxylic acids is 1. The van der Waals surface area contributed by atoms with Crippen molar-refractivity contribution in [2.75, 3.05) is 0 Å². The summed E-state index contributed by atoms with van der Waals surface area (Å²) in [6.07, 6.45) is 0. The number of aryl methyl sites for hydroxylation is 1. The maximum Gasteiger partial charge on any atom is 0.337 e. The van der Waals surface area contributed by atoms with Crippen molar-refractivity contribution in [3.63, 3.8) is 0 Å². The zero-order valence-electron chi connectivity index (χ0n) is 9.85. The third-order valence-electron chi connectivity index (χ3n) is 2.40. The van der Waals surface area contributed by atoms with Crippen molar-refractivity contribution in [1.29, 1.82) is 0 Å². The van der Waals surface area contributed by atoms with Gasteiger partial charge in [-0.3, -0.25) is 0 Å². The van der Waals surface area contributed by atoms with Gasteiger partial charge in [-0.1, -0.05) is 11.6 Å². The highest BCUT2D eigenvalue weighted by Gasteiger charge is 2.11. The fraction of sp³-hybridized carbons (Fsp3) is 0.0769. The third-order valence-corrected chi connectivity index (χ3v) is 2.69. The summed E-state index contributed by atoms with van der Waals surface area (Å²) in [4.78, 5) is 14.8.